The van der Waals surface area contributed by atoms with Crippen LogP contribution in [0.2, 0.25) is 0 Å². The number of aromatic nitrogens is 2. The number of primary sulfonamides is 1. The van der Waals surface area contributed by atoms with E-state index in [1.54, 1.807) is 19.5 Å². The van der Waals surface area contributed by atoms with Crippen molar-refractivity contribution in [3.8, 4) is 5.75 Å². The van der Waals surface area contributed by atoms with Gasteiger partial charge in [0, 0.05) is 18.8 Å². The van der Waals surface area contributed by atoms with Crippen molar-refractivity contribution in [3.63, 3.8) is 0 Å². The number of nitrogens with zero attached hydrogens (tertiary/aromatic N) is 2. The first-order chi connectivity index (χ1) is 10.9. The van der Waals surface area contributed by atoms with Gasteiger partial charge < -0.3 is 4.74 Å². The van der Waals surface area contributed by atoms with Gasteiger partial charge >= 0.3 is 0 Å². The number of aryl methyl sites for hydroxylation is 2. The van der Waals surface area contributed by atoms with Crippen molar-refractivity contribution in [2.45, 2.75) is 31.4 Å². The standard InChI is InChI=1S/C16H21N3O3S/c1-12-10-19-14(11-18-12)9-16(23(17,20)21)8-5-13-3-6-15(22-2)7-4-13/h3-4,6-7,10-11,16H,5,8-9H2,1-2H3,(H2,17,20,21). The molecular formula is C16H21N3O3S. The third-order valence-electron chi connectivity index (χ3n) is 3.65. The maximum Gasteiger partial charge on any atom is 0.212 e. The minimum absolute atomic E-state index is 0.266. The fourth-order valence-electron chi connectivity index (χ4n) is 2.26. The number of hydrogen-bond donors (Lipinski definition) is 1. The molecule has 0 fully saturated rings. The van der Waals surface area contributed by atoms with E-state index in [9.17, 15) is 8.42 Å². The Labute approximate surface area is 136 Å². The molecule has 1 aromatic heterocycles. The predicted octanol–water partition coefficient (Wildman–Crippen LogP) is 1.63. The Bertz CT molecular complexity index is 728. The van der Waals surface area contributed by atoms with E-state index in [0.29, 0.717) is 18.5 Å². The number of ether oxygens (including phenoxy) is 1. The molecule has 6 nitrogen and oxygen atoms in total. The van der Waals surface area contributed by atoms with Crippen LogP contribution in [0.25, 0.3) is 0 Å². The Hall–Kier alpha value is -1.99. The van der Waals surface area contributed by atoms with Crippen molar-refractivity contribution in [2.24, 2.45) is 5.14 Å². The second-order valence-electron chi connectivity index (χ2n) is 5.45. The van der Waals surface area contributed by atoms with Gasteiger partial charge in [0.25, 0.3) is 0 Å². The molecule has 0 bridgehead atoms. The van der Waals surface area contributed by atoms with Crippen LogP contribution in [0.4, 0.5) is 0 Å². The molecule has 0 saturated heterocycles. The number of sulfonamides is 1. The molecule has 0 spiro atoms. The molecule has 1 atom stereocenters. The second kappa shape index (κ2) is 7.52. The van der Waals surface area contributed by atoms with Crippen molar-refractivity contribution in [1.82, 2.24) is 9.97 Å². The number of nitrogens with two attached hydrogens (primary N) is 1. The molecule has 0 aliphatic carbocycles. The van der Waals surface area contributed by atoms with E-state index in [4.69, 9.17) is 9.88 Å². The van der Waals surface area contributed by atoms with Crippen LogP contribution in [0, 0.1) is 6.92 Å². The van der Waals surface area contributed by atoms with Crippen molar-refractivity contribution in [1.29, 1.82) is 0 Å². The highest BCUT2D eigenvalue weighted by molar-refractivity contribution is 7.89. The lowest BCUT2D eigenvalue weighted by Crippen LogP contribution is -2.31. The summed E-state index contributed by atoms with van der Waals surface area (Å²) in [7, 11) is -2.04. The van der Waals surface area contributed by atoms with Crippen molar-refractivity contribution in [2.75, 3.05) is 7.11 Å². The molecular weight excluding hydrogens is 314 g/mol. The lowest BCUT2D eigenvalue weighted by molar-refractivity contribution is 0.414. The van der Waals surface area contributed by atoms with E-state index in [1.165, 1.54) is 0 Å². The lowest BCUT2D eigenvalue weighted by atomic mass is 10.1. The van der Waals surface area contributed by atoms with Crippen molar-refractivity contribution in [3.05, 3.63) is 53.6 Å². The van der Waals surface area contributed by atoms with Crippen LogP contribution in [0.3, 0.4) is 0 Å². The average molecular weight is 335 g/mol. The third-order valence-corrected chi connectivity index (χ3v) is 4.98. The van der Waals surface area contributed by atoms with Gasteiger partial charge in [-0.3, -0.25) is 9.97 Å². The highest BCUT2D eigenvalue weighted by atomic mass is 32.2. The highest BCUT2D eigenvalue weighted by Gasteiger charge is 2.22. The first-order valence-electron chi connectivity index (χ1n) is 7.30. The van der Waals surface area contributed by atoms with Gasteiger partial charge in [-0.2, -0.15) is 0 Å². The molecule has 0 saturated carbocycles. The summed E-state index contributed by atoms with van der Waals surface area (Å²) >= 11 is 0. The van der Waals surface area contributed by atoms with Crippen LogP contribution in [0.1, 0.15) is 23.4 Å². The molecule has 0 amide bonds. The minimum atomic E-state index is -3.65. The molecule has 2 rings (SSSR count). The Kier molecular flexibility index (Phi) is 5.68. The summed E-state index contributed by atoms with van der Waals surface area (Å²) in [6.07, 6.45) is 4.53. The summed E-state index contributed by atoms with van der Waals surface area (Å²) in [5.41, 5.74) is 2.46. The molecule has 0 radical (unpaired) electrons. The van der Waals surface area contributed by atoms with E-state index in [0.717, 1.165) is 17.0 Å². The molecule has 23 heavy (non-hydrogen) atoms. The van der Waals surface area contributed by atoms with E-state index >= 15 is 0 Å². The first kappa shape index (κ1) is 17.4. The first-order valence-corrected chi connectivity index (χ1v) is 8.91. The van der Waals surface area contributed by atoms with E-state index < -0.39 is 15.3 Å². The Morgan fingerprint density at radius 2 is 1.87 bits per heavy atom. The number of methoxy groups -OCH3 is 1. The topological polar surface area (TPSA) is 95.2 Å². The zero-order valence-electron chi connectivity index (χ0n) is 13.3. The smallest absolute Gasteiger partial charge is 0.212 e. The largest absolute Gasteiger partial charge is 0.497 e. The predicted molar refractivity (Wildman–Crippen MR) is 88.7 cm³/mol. The van der Waals surface area contributed by atoms with Gasteiger partial charge in [-0.15, -0.1) is 0 Å². The van der Waals surface area contributed by atoms with Crippen LogP contribution < -0.4 is 9.88 Å². The van der Waals surface area contributed by atoms with E-state index in [1.807, 2.05) is 31.2 Å². The van der Waals surface area contributed by atoms with E-state index in [-0.39, 0.29) is 6.42 Å². The molecule has 2 aromatic rings. The fourth-order valence-corrected chi connectivity index (χ4v) is 3.11. The lowest BCUT2D eigenvalue weighted by Gasteiger charge is -2.14. The van der Waals surface area contributed by atoms with Gasteiger partial charge in [0.05, 0.1) is 23.7 Å². The Balaban J connectivity index is 2.05. The van der Waals surface area contributed by atoms with E-state index in [2.05, 4.69) is 9.97 Å². The van der Waals surface area contributed by atoms with Gasteiger partial charge in [0.15, 0.2) is 0 Å². The number of benzene rings is 1. The Morgan fingerprint density at radius 1 is 1.17 bits per heavy atom. The number of rotatable bonds is 7. The summed E-state index contributed by atoms with van der Waals surface area (Å²) in [6.45, 7) is 1.83. The van der Waals surface area contributed by atoms with Gasteiger partial charge in [-0.25, -0.2) is 13.6 Å². The number of hydrogen-bond acceptors (Lipinski definition) is 5. The molecule has 0 aliphatic rings. The molecule has 1 aromatic carbocycles. The van der Waals surface area contributed by atoms with Gasteiger partial charge in [0.1, 0.15) is 5.75 Å². The van der Waals surface area contributed by atoms with Gasteiger partial charge in [0.2, 0.25) is 10.0 Å². The summed E-state index contributed by atoms with van der Waals surface area (Å²) in [4.78, 5) is 8.35. The zero-order valence-corrected chi connectivity index (χ0v) is 14.1. The van der Waals surface area contributed by atoms with Crippen LogP contribution in [0.5, 0.6) is 5.75 Å². The quantitative estimate of drug-likeness (QED) is 0.829. The zero-order chi connectivity index (χ0) is 16.9. The maximum atomic E-state index is 11.8. The fraction of sp³-hybridized carbons (Fsp3) is 0.375. The van der Waals surface area contributed by atoms with Crippen molar-refractivity contribution < 1.29 is 13.2 Å². The molecule has 7 heteroatoms. The highest BCUT2D eigenvalue weighted by Crippen LogP contribution is 2.16. The normalized spacial score (nSPS) is 12.8. The molecule has 1 heterocycles. The average Bonchev–Trinajstić information content (AvgIpc) is 2.52. The van der Waals surface area contributed by atoms with Crippen LogP contribution in [0.15, 0.2) is 36.7 Å². The van der Waals surface area contributed by atoms with Crippen LogP contribution in [-0.2, 0) is 22.9 Å². The SMILES string of the molecule is COc1ccc(CCC(Cc2cnc(C)cn2)S(N)(=O)=O)cc1. The molecule has 124 valence electrons. The van der Waals surface area contributed by atoms with Crippen LogP contribution >= 0.6 is 0 Å². The molecule has 1 unspecified atom stereocenters. The van der Waals surface area contributed by atoms with Crippen LogP contribution in [-0.4, -0.2) is 30.7 Å². The third kappa shape index (κ3) is 5.30. The van der Waals surface area contributed by atoms with Gasteiger partial charge in [-0.05, 0) is 37.5 Å². The van der Waals surface area contributed by atoms with Crippen molar-refractivity contribution >= 4 is 10.0 Å². The summed E-state index contributed by atoms with van der Waals surface area (Å²) in [6, 6.07) is 7.55. The Morgan fingerprint density at radius 3 is 2.39 bits per heavy atom. The second-order valence-corrected chi connectivity index (χ2v) is 7.30. The van der Waals surface area contributed by atoms with Gasteiger partial charge in [-0.1, -0.05) is 12.1 Å². The summed E-state index contributed by atoms with van der Waals surface area (Å²) in [5.74, 6) is 0.770. The summed E-state index contributed by atoms with van der Waals surface area (Å²) in [5, 5.41) is 4.69. The maximum absolute atomic E-state index is 11.8. The monoisotopic (exact) mass is 335 g/mol. The molecule has 2 N–H and O–H groups in total. The minimum Gasteiger partial charge on any atom is -0.497 e. The summed E-state index contributed by atoms with van der Waals surface area (Å²) < 4.78 is 28.8. The molecule has 0 aliphatic heterocycles.